The van der Waals surface area contributed by atoms with E-state index in [1.54, 1.807) is 4.83 Å². The Hall–Kier alpha value is -0.170. The van der Waals surface area contributed by atoms with E-state index in [0.29, 0.717) is 6.61 Å². The third kappa shape index (κ3) is 2.74. The first-order valence-electron chi connectivity index (χ1n) is 3.46. The van der Waals surface area contributed by atoms with Gasteiger partial charge in [0.15, 0.2) is 0 Å². The van der Waals surface area contributed by atoms with Crippen LogP contribution in [0, 0.1) is 0 Å². The standard InChI is InChI=1S/C5H12N2O3S/c6-7-11(8,9)4-5-2-1-3-10-5/h5,7H,1-4,6H2. The molecule has 1 rings (SSSR count). The summed E-state index contributed by atoms with van der Waals surface area (Å²) in [5, 5.41) is 0. The van der Waals surface area contributed by atoms with Gasteiger partial charge in [0.25, 0.3) is 0 Å². The fourth-order valence-corrected chi connectivity index (χ4v) is 1.92. The molecule has 6 heteroatoms. The second-order valence-electron chi connectivity index (χ2n) is 2.53. The average molecular weight is 180 g/mol. The summed E-state index contributed by atoms with van der Waals surface area (Å²) in [4.78, 5) is 1.76. The highest BCUT2D eigenvalue weighted by Crippen LogP contribution is 2.12. The summed E-state index contributed by atoms with van der Waals surface area (Å²) in [6, 6.07) is 0. The third-order valence-electron chi connectivity index (χ3n) is 1.61. The van der Waals surface area contributed by atoms with E-state index in [1.807, 2.05) is 0 Å². The summed E-state index contributed by atoms with van der Waals surface area (Å²) in [6.45, 7) is 0.657. The van der Waals surface area contributed by atoms with Crippen molar-refractivity contribution in [3.05, 3.63) is 0 Å². The SMILES string of the molecule is NNS(=O)(=O)CC1CCCO1. The van der Waals surface area contributed by atoms with Crippen molar-refractivity contribution in [2.24, 2.45) is 5.84 Å². The van der Waals surface area contributed by atoms with Crippen LogP contribution >= 0.6 is 0 Å². The Morgan fingerprint density at radius 2 is 2.36 bits per heavy atom. The minimum absolute atomic E-state index is 0.0243. The quantitative estimate of drug-likeness (QED) is 0.429. The number of sulfonamides is 1. The first kappa shape index (κ1) is 8.92. The molecule has 1 heterocycles. The normalized spacial score (nSPS) is 25.7. The molecule has 0 aromatic heterocycles. The Kier molecular flexibility index (Phi) is 2.83. The molecule has 3 N–H and O–H groups in total. The van der Waals surface area contributed by atoms with Crippen molar-refractivity contribution in [3.8, 4) is 0 Å². The van der Waals surface area contributed by atoms with Crippen molar-refractivity contribution in [2.45, 2.75) is 18.9 Å². The van der Waals surface area contributed by atoms with Gasteiger partial charge >= 0.3 is 0 Å². The Bertz CT molecular complexity index is 208. The maximum atomic E-state index is 10.8. The minimum Gasteiger partial charge on any atom is -0.377 e. The molecule has 0 radical (unpaired) electrons. The maximum Gasteiger partial charge on any atom is 0.226 e. The van der Waals surface area contributed by atoms with Crippen LogP contribution in [-0.4, -0.2) is 26.9 Å². The minimum atomic E-state index is -3.30. The van der Waals surface area contributed by atoms with E-state index in [1.165, 1.54) is 0 Å². The topological polar surface area (TPSA) is 81.4 Å². The number of nitrogens with two attached hydrogens (primary N) is 1. The van der Waals surface area contributed by atoms with Gasteiger partial charge in [0.05, 0.1) is 11.9 Å². The lowest BCUT2D eigenvalue weighted by Gasteiger charge is -2.07. The average Bonchev–Trinajstić information content (AvgIpc) is 2.39. The molecule has 11 heavy (non-hydrogen) atoms. The van der Waals surface area contributed by atoms with Crippen molar-refractivity contribution in [1.82, 2.24) is 4.83 Å². The van der Waals surface area contributed by atoms with Crippen LogP contribution in [0.5, 0.6) is 0 Å². The summed E-state index contributed by atoms with van der Waals surface area (Å²) in [5.41, 5.74) is 0. The maximum absolute atomic E-state index is 10.8. The predicted octanol–water partition coefficient (Wildman–Crippen LogP) is -1.04. The molecule has 1 aliphatic rings. The summed E-state index contributed by atoms with van der Waals surface area (Å²) < 4.78 is 26.8. The molecule has 1 atom stereocenters. The molecule has 66 valence electrons. The first-order valence-corrected chi connectivity index (χ1v) is 5.11. The lowest BCUT2D eigenvalue weighted by molar-refractivity contribution is 0.127. The predicted molar refractivity (Wildman–Crippen MR) is 40.1 cm³/mol. The summed E-state index contributed by atoms with van der Waals surface area (Å²) in [7, 11) is -3.30. The molecule has 0 amide bonds. The van der Waals surface area contributed by atoms with Crippen LogP contribution in [0.3, 0.4) is 0 Å². The molecule has 0 spiro atoms. The number of rotatable bonds is 3. The van der Waals surface area contributed by atoms with Gasteiger partial charge in [-0.05, 0) is 12.8 Å². The third-order valence-corrected chi connectivity index (χ3v) is 2.78. The van der Waals surface area contributed by atoms with E-state index in [9.17, 15) is 8.42 Å². The van der Waals surface area contributed by atoms with Gasteiger partial charge in [-0.25, -0.2) is 8.42 Å². The van der Waals surface area contributed by atoms with Gasteiger partial charge in [-0.1, -0.05) is 0 Å². The molecule has 0 aromatic carbocycles. The molecule has 1 unspecified atom stereocenters. The van der Waals surface area contributed by atoms with Crippen LogP contribution in [0.25, 0.3) is 0 Å². The van der Waals surface area contributed by atoms with Crippen LogP contribution in [0.2, 0.25) is 0 Å². The van der Waals surface area contributed by atoms with Crippen molar-refractivity contribution in [3.63, 3.8) is 0 Å². The van der Waals surface area contributed by atoms with Gasteiger partial charge in [-0.15, -0.1) is 0 Å². The van der Waals surface area contributed by atoms with Crippen molar-refractivity contribution >= 4 is 10.0 Å². The Morgan fingerprint density at radius 3 is 2.82 bits per heavy atom. The number of hydrogen-bond acceptors (Lipinski definition) is 4. The van der Waals surface area contributed by atoms with Gasteiger partial charge in [-0.3, -0.25) is 5.84 Å². The van der Waals surface area contributed by atoms with Gasteiger partial charge in [0.1, 0.15) is 0 Å². The molecular weight excluding hydrogens is 168 g/mol. The first-order chi connectivity index (χ1) is 5.14. The molecule has 0 saturated carbocycles. The molecule has 1 fully saturated rings. The number of ether oxygens (including phenoxy) is 1. The highest BCUT2D eigenvalue weighted by molar-refractivity contribution is 7.89. The molecule has 0 aliphatic carbocycles. The second kappa shape index (κ2) is 3.48. The Balaban J connectivity index is 2.41. The lowest BCUT2D eigenvalue weighted by atomic mass is 10.3. The van der Waals surface area contributed by atoms with Crippen LogP contribution in [0.1, 0.15) is 12.8 Å². The van der Waals surface area contributed by atoms with Gasteiger partial charge < -0.3 is 4.74 Å². The molecule has 5 nitrogen and oxygen atoms in total. The fourth-order valence-electron chi connectivity index (χ4n) is 1.07. The summed E-state index contributed by atoms with van der Waals surface area (Å²) in [6.07, 6.45) is 1.57. The number of nitrogens with one attached hydrogen (secondary N) is 1. The second-order valence-corrected chi connectivity index (χ2v) is 4.33. The van der Waals surface area contributed by atoms with Crippen molar-refractivity contribution in [1.29, 1.82) is 0 Å². The summed E-state index contributed by atoms with van der Waals surface area (Å²) in [5.74, 6) is 4.77. The van der Waals surface area contributed by atoms with E-state index in [2.05, 4.69) is 0 Å². The lowest BCUT2D eigenvalue weighted by Crippen LogP contribution is -2.36. The van der Waals surface area contributed by atoms with Crippen molar-refractivity contribution in [2.75, 3.05) is 12.4 Å². The Labute approximate surface area is 65.9 Å². The van der Waals surface area contributed by atoms with E-state index in [-0.39, 0.29) is 11.9 Å². The highest BCUT2D eigenvalue weighted by atomic mass is 32.2. The van der Waals surface area contributed by atoms with E-state index in [0.717, 1.165) is 12.8 Å². The van der Waals surface area contributed by atoms with Crippen molar-refractivity contribution < 1.29 is 13.2 Å². The van der Waals surface area contributed by atoms with Crippen LogP contribution in [0.15, 0.2) is 0 Å². The Morgan fingerprint density at radius 1 is 1.64 bits per heavy atom. The fraction of sp³-hybridized carbons (Fsp3) is 1.00. The molecule has 0 aromatic rings. The molecule has 1 saturated heterocycles. The van der Waals surface area contributed by atoms with E-state index in [4.69, 9.17) is 10.6 Å². The van der Waals surface area contributed by atoms with Gasteiger partial charge in [-0.2, -0.15) is 4.83 Å². The molecular formula is C5H12N2O3S. The van der Waals surface area contributed by atoms with Crippen LogP contribution in [0.4, 0.5) is 0 Å². The van der Waals surface area contributed by atoms with E-state index < -0.39 is 10.0 Å². The monoisotopic (exact) mass is 180 g/mol. The highest BCUT2D eigenvalue weighted by Gasteiger charge is 2.21. The van der Waals surface area contributed by atoms with Crippen LogP contribution < -0.4 is 10.7 Å². The zero-order valence-electron chi connectivity index (χ0n) is 6.12. The number of hydrogen-bond donors (Lipinski definition) is 2. The molecule has 0 bridgehead atoms. The smallest absolute Gasteiger partial charge is 0.226 e. The van der Waals surface area contributed by atoms with Gasteiger partial charge in [0, 0.05) is 6.61 Å². The zero-order valence-corrected chi connectivity index (χ0v) is 6.93. The zero-order chi connectivity index (χ0) is 8.32. The van der Waals surface area contributed by atoms with Gasteiger partial charge in [0.2, 0.25) is 10.0 Å². The number of hydrazine groups is 1. The van der Waals surface area contributed by atoms with Crippen LogP contribution in [-0.2, 0) is 14.8 Å². The largest absolute Gasteiger partial charge is 0.377 e. The summed E-state index contributed by atoms with van der Waals surface area (Å²) >= 11 is 0. The van der Waals surface area contributed by atoms with E-state index >= 15 is 0 Å². The molecule has 1 aliphatic heterocycles.